The van der Waals surface area contributed by atoms with Crippen LogP contribution in [0.25, 0.3) is 0 Å². The standard InChI is InChI=1S/C11H16O/c1-8-4-5-9-7-12-11(2,3)10(9)6-8/h6H,4-5,7H2,1-3H3. The van der Waals surface area contributed by atoms with Gasteiger partial charge in [-0.2, -0.15) is 0 Å². The molecule has 1 heteroatoms. The van der Waals surface area contributed by atoms with Gasteiger partial charge in [-0.1, -0.05) is 11.6 Å². The molecule has 0 atom stereocenters. The highest BCUT2D eigenvalue weighted by Gasteiger charge is 2.33. The van der Waals surface area contributed by atoms with Gasteiger partial charge in [-0.15, -0.1) is 0 Å². The molecule has 0 radical (unpaired) electrons. The molecule has 0 aromatic rings. The van der Waals surface area contributed by atoms with Crippen LogP contribution in [0.1, 0.15) is 33.6 Å². The minimum atomic E-state index is -0.0307. The van der Waals surface area contributed by atoms with Crippen LogP contribution in [-0.4, -0.2) is 12.2 Å². The Morgan fingerprint density at radius 3 is 2.83 bits per heavy atom. The van der Waals surface area contributed by atoms with Crippen LogP contribution in [0.5, 0.6) is 0 Å². The number of hydrogen-bond donors (Lipinski definition) is 0. The topological polar surface area (TPSA) is 9.23 Å². The zero-order valence-electron chi connectivity index (χ0n) is 8.11. The molecule has 2 rings (SSSR count). The lowest BCUT2D eigenvalue weighted by atomic mass is 9.87. The third-order valence-corrected chi connectivity index (χ3v) is 2.85. The Labute approximate surface area is 74.1 Å². The van der Waals surface area contributed by atoms with E-state index in [0.717, 1.165) is 6.61 Å². The molecule has 0 spiro atoms. The summed E-state index contributed by atoms with van der Waals surface area (Å²) in [5, 5.41) is 0. The lowest BCUT2D eigenvalue weighted by molar-refractivity contribution is 0.0503. The van der Waals surface area contributed by atoms with Crippen molar-refractivity contribution in [3.63, 3.8) is 0 Å². The van der Waals surface area contributed by atoms with Gasteiger partial charge in [-0.3, -0.25) is 0 Å². The summed E-state index contributed by atoms with van der Waals surface area (Å²) in [7, 11) is 0. The van der Waals surface area contributed by atoms with Crippen LogP contribution >= 0.6 is 0 Å². The zero-order valence-corrected chi connectivity index (χ0v) is 8.11. The van der Waals surface area contributed by atoms with E-state index in [1.54, 1.807) is 0 Å². The van der Waals surface area contributed by atoms with Crippen molar-refractivity contribution >= 4 is 0 Å². The average Bonchev–Trinajstić information content (AvgIpc) is 2.28. The predicted molar refractivity (Wildman–Crippen MR) is 50.0 cm³/mol. The molecule has 1 nitrogen and oxygen atoms in total. The minimum absolute atomic E-state index is 0.0307. The van der Waals surface area contributed by atoms with Crippen LogP contribution in [-0.2, 0) is 4.74 Å². The summed E-state index contributed by atoms with van der Waals surface area (Å²) < 4.78 is 5.72. The molecule has 0 amide bonds. The first-order chi connectivity index (χ1) is 5.59. The first kappa shape index (κ1) is 8.06. The molecule has 0 saturated heterocycles. The second kappa shape index (κ2) is 2.46. The number of ether oxygens (including phenoxy) is 1. The van der Waals surface area contributed by atoms with Gasteiger partial charge in [0.25, 0.3) is 0 Å². The summed E-state index contributed by atoms with van der Waals surface area (Å²) in [5.41, 5.74) is 4.42. The SMILES string of the molecule is CC1=CC2=C(CC1)COC2(C)C. The molecule has 1 aliphatic heterocycles. The molecule has 1 heterocycles. The van der Waals surface area contributed by atoms with Crippen LogP contribution in [0, 0.1) is 0 Å². The molecule has 0 N–H and O–H groups in total. The van der Waals surface area contributed by atoms with E-state index in [4.69, 9.17) is 4.74 Å². The van der Waals surface area contributed by atoms with Crippen molar-refractivity contribution in [3.8, 4) is 0 Å². The van der Waals surface area contributed by atoms with Crippen LogP contribution in [0.3, 0.4) is 0 Å². The summed E-state index contributed by atoms with van der Waals surface area (Å²) in [6.45, 7) is 7.37. The Hall–Kier alpha value is -0.560. The normalized spacial score (nSPS) is 27.1. The minimum Gasteiger partial charge on any atom is -0.367 e. The highest BCUT2D eigenvalue weighted by molar-refractivity contribution is 5.41. The summed E-state index contributed by atoms with van der Waals surface area (Å²) in [6, 6.07) is 0. The van der Waals surface area contributed by atoms with Crippen molar-refractivity contribution in [2.75, 3.05) is 6.61 Å². The third kappa shape index (κ3) is 1.13. The maximum atomic E-state index is 5.72. The third-order valence-electron chi connectivity index (χ3n) is 2.85. The first-order valence-electron chi connectivity index (χ1n) is 4.63. The van der Waals surface area contributed by atoms with E-state index in [1.807, 2.05) is 0 Å². The fourth-order valence-corrected chi connectivity index (χ4v) is 2.00. The lowest BCUT2D eigenvalue weighted by Crippen LogP contribution is -2.21. The molecule has 12 heavy (non-hydrogen) atoms. The van der Waals surface area contributed by atoms with Crippen LogP contribution in [0.15, 0.2) is 22.8 Å². The van der Waals surface area contributed by atoms with E-state index < -0.39 is 0 Å². The fraction of sp³-hybridized carbons (Fsp3) is 0.636. The van der Waals surface area contributed by atoms with Gasteiger partial charge in [0.1, 0.15) is 0 Å². The second-order valence-corrected chi connectivity index (χ2v) is 4.31. The lowest BCUT2D eigenvalue weighted by Gasteiger charge is -2.22. The average molecular weight is 164 g/mol. The summed E-state index contributed by atoms with van der Waals surface area (Å²) in [5.74, 6) is 0. The summed E-state index contributed by atoms with van der Waals surface area (Å²) in [4.78, 5) is 0. The molecule has 1 aliphatic carbocycles. The Morgan fingerprint density at radius 2 is 2.08 bits per heavy atom. The molecule has 0 fully saturated rings. The van der Waals surface area contributed by atoms with Gasteiger partial charge in [-0.05, 0) is 44.8 Å². The maximum Gasteiger partial charge on any atom is 0.0880 e. The molecule has 0 bridgehead atoms. The first-order valence-corrected chi connectivity index (χ1v) is 4.63. The molecule has 0 aromatic carbocycles. The molecular formula is C11H16O. The summed E-state index contributed by atoms with van der Waals surface area (Å²) in [6.07, 6.45) is 4.74. The highest BCUT2D eigenvalue weighted by Crippen LogP contribution is 2.38. The predicted octanol–water partition coefficient (Wildman–Crippen LogP) is 2.83. The van der Waals surface area contributed by atoms with E-state index in [-0.39, 0.29) is 5.60 Å². The molecular weight excluding hydrogens is 148 g/mol. The van der Waals surface area contributed by atoms with Crippen LogP contribution in [0.4, 0.5) is 0 Å². The maximum absolute atomic E-state index is 5.72. The Morgan fingerprint density at radius 1 is 1.33 bits per heavy atom. The highest BCUT2D eigenvalue weighted by atomic mass is 16.5. The van der Waals surface area contributed by atoms with E-state index in [1.165, 1.54) is 29.6 Å². The summed E-state index contributed by atoms with van der Waals surface area (Å²) >= 11 is 0. The van der Waals surface area contributed by atoms with E-state index in [9.17, 15) is 0 Å². The van der Waals surface area contributed by atoms with Crippen molar-refractivity contribution in [2.24, 2.45) is 0 Å². The fourth-order valence-electron chi connectivity index (χ4n) is 2.00. The van der Waals surface area contributed by atoms with Gasteiger partial charge in [0, 0.05) is 0 Å². The zero-order chi connectivity index (χ0) is 8.77. The molecule has 0 saturated carbocycles. The van der Waals surface area contributed by atoms with Gasteiger partial charge in [-0.25, -0.2) is 0 Å². The van der Waals surface area contributed by atoms with Crippen molar-refractivity contribution in [1.29, 1.82) is 0 Å². The number of rotatable bonds is 0. The van der Waals surface area contributed by atoms with E-state index in [2.05, 4.69) is 26.8 Å². The number of hydrogen-bond acceptors (Lipinski definition) is 1. The molecule has 66 valence electrons. The smallest absolute Gasteiger partial charge is 0.0880 e. The molecule has 2 aliphatic rings. The van der Waals surface area contributed by atoms with E-state index in [0.29, 0.717) is 0 Å². The van der Waals surface area contributed by atoms with Gasteiger partial charge in [0.2, 0.25) is 0 Å². The van der Waals surface area contributed by atoms with Gasteiger partial charge in [0.05, 0.1) is 12.2 Å². The molecule has 0 unspecified atom stereocenters. The van der Waals surface area contributed by atoms with Crippen molar-refractivity contribution in [1.82, 2.24) is 0 Å². The van der Waals surface area contributed by atoms with Crippen LogP contribution in [0.2, 0.25) is 0 Å². The number of allylic oxidation sites excluding steroid dienone is 1. The largest absolute Gasteiger partial charge is 0.367 e. The van der Waals surface area contributed by atoms with Crippen molar-refractivity contribution in [2.45, 2.75) is 39.2 Å². The Bertz CT molecular complexity index is 269. The second-order valence-electron chi connectivity index (χ2n) is 4.31. The van der Waals surface area contributed by atoms with E-state index >= 15 is 0 Å². The van der Waals surface area contributed by atoms with Crippen molar-refractivity contribution in [3.05, 3.63) is 22.8 Å². The molecule has 0 aromatic heterocycles. The quantitative estimate of drug-likeness (QED) is 0.535. The van der Waals surface area contributed by atoms with Crippen LogP contribution < -0.4 is 0 Å². The Kier molecular flexibility index (Phi) is 1.65. The van der Waals surface area contributed by atoms with Crippen molar-refractivity contribution < 1.29 is 4.74 Å². The van der Waals surface area contributed by atoms with Gasteiger partial charge >= 0.3 is 0 Å². The Balaban J connectivity index is 2.39. The monoisotopic (exact) mass is 164 g/mol. The van der Waals surface area contributed by atoms with Gasteiger partial charge in [0.15, 0.2) is 0 Å². The van der Waals surface area contributed by atoms with Gasteiger partial charge < -0.3 is 4.74 Å².